The average molecular weight is 273 g/mol. The zero-order valence-electron chi connectivity index (χ0n) is 10.6. The van der Waals surface area contributed by atoms with Crippen LogP contribution in [-0.2, 0) is 0 Å². The van der Waals surface area contributed by atoms with E-state index in [-0.39, 0.29) is 12.1 Å². The highest BCUT2D eigenvalue weighted by Gasteiger charge is 2.13. The Morgan fingerprint density at radius 1 is 1.20 bits per heavy atom. The number of nitrogens with one attached hydrogen (secondary N) is 1. The second kappa shape index (κ2) is 6.18. The molecule has 0 aliphatic heterocycles. The Kier molecular flexibility index (Phi) is 4.34. The molecule has 0 aliphatic carbocycles. The molecule has 0 bridgehead atoms. The van der Waals surface area contributed by atoms with Crippen LogP contribution >= 0.6 is 0 Å². The van der Waals surface area contributed by atoms with E-state index < -0.39 is 17.7 Å². The third-order valence-corrected chi connectivity index (χ3v) is 2.85. The average Bonchev–Trinajstić information content (AvgIpc) is 2.45. The molecule has 0 spiro atoms. The molecule has 0 aromatic heterocycles. The molecule has 0 saturated carbocycles. The SMILES string of the molecule is C#Cc1cccc(NCC(O)c2ccc(F)cc2F)c1. The van der Waals surface area contributed by atoms with Gasteiger partial charge >= 0.3 is 0 Å². The summed E-state index contributed by atoms with van der Waals surface area (Å²) in [5, 5.41) is 12.9. The quantitative estimate of drug-likeness (QED) is 0.839. The zero-order chi connectivity index (χ0) is 14.5. The molecule has 2 N–H and O–H groups in total. The lowest BCUT2D eigenvalue weighted by molar-refractivity contribution is 0.186. The Morgan fingerprint density at radius 2 is 2.00 bits per heavy atom. The van der Waals surface area contributed by atoms with Crippen molar-refractivity contribution in [2.24, 2.45) is 0 Å². The van der Waals surface area contributed by atoms with Crippen molar-refractivity contribution < 1.29 is 13.9 Å². The van der Waals surface area contributed by atoms with Crippen LogP contribution in [-0.4, -0.2) is 11.7 Å². The molecule has 0 amide bonds. The third-order valence-electron chi connectivity index (χ3n) is 2.85. The number of hydrogen-bond acceptors (Lipinski definition) is 2. The van der Waals surface area contributed by atoms with E-state index in [0.29, 0.717) is 5.56 Å². The predicted octanol–water partition coefficient (Wildman–Crippen LogP) is 3.09. The van der Waals surface area contributed by atoms with Crippen molar-refractivity contribution in [2.75, 3.05) is 11.9 Å². The lowest BCUT2D eigenvalue weighted by Gasteiger charge is -2.14. The van der Waals surface area contributed by atoms with Gasteiger partial charge in [-0.1, -0.05) is 18.1 Å². The van der Waals surface area contributed by atoms with Gasteiger partial charge in [0, 0.05) is 29.4 Å². The van der Waals surface area contributed by atoms with Crippen LogP contribution < -0.4 is 5.32 Å². The van der Waals surface area contributed by atoms with Crippen LogP contribution in [0.5, 0.6) is 0 Å². The first kappa shape index (κ1) is 14.0. The lowest BCUT2D eigenvalue weighted by Crippen LogP contribution is -2.13. The zero-order valence-corrected chi connectivity index (χ0v) is 10.6. The molecule has 0 heterocycles. The fraction of sp³-hybridized carbons (Fsp3) is 0.125. The van der Waals surface area contributed by atoms with Crippen molar-refractivity contribution in [3.05, 3.63) is 65.2 Å². The topological polar surface area (TPSA) is 32.3 Å². The van der Waals surface area contributed by atoms with Crippen molar-refractivity contribution >= 4 is 5.69 Å². The van der Waals surface area contributed by atoms with E-state index >= 15 is 0 Å². The van der Waals surface area contributed by atoms with Gasteiger partial charge in [-0.3, -0.25) is 0 Å². The number of aliphatic hydroxyl groups is 1. The summed E-state index contributed by atoms with van der Waals surface area (Å²) in [4.78, 5) is 0. The molecular weight excluding hydrogens is 260 g/mol. The number of halogens is 2. The number of aliphatic hydroxyl groups excluding tert-OH is 1. The summed E-state index contributed by atoms with van der Waals surface area (Å²) < 4.78 is 26.3. The van der Waals surface area contributed by atoms with Gasteiger partial charge in [-0.05, 0) is 24.3 Å². The summed E-state index contributed by atoms with van der Waals surface area (Å²) in [6, 6.07) is 10.2. The molecule has 102 valence electrons. The fourth-order valence-corrected chi connectivity index (χ4v) is 1.82. The largest absolute Gasteiger partial charge is 0.386 e. The summed E-state index contributed by atoms with van der Waals surface area (Å²) in [6.45, 7) is 0.0938. The maximum atomic E-state index is 13.5. The molecule has 20 heavy (non-hydrogen) atoms. The van der Waals surface area contributed by atoms with Crippen molar-refractivity contribution in [1.82, 2.24) is 0 Å². The van der Waals surface area contributed by atoms with Crippen LogP contribution in [0.3, 0.4) is 0 Å². The minimum Gasteiger partial charge on any atom is -0.386 e. The Balaban J connectivity index is 2.04. The molecule has 2 aromatic carbocycles. The van der Waals surface area contributed by atoms with E-state index in [4.69, 9.17) is 6.42 Å². The van der Waals surface area contributed by atoms with Gasteiger partial charge in [0.2, 0.25) is 0 Å². The van der Waals surface area contributed by atoms with Crippen molar-refractivity contribution in [1.29, 1.82) is 0 Å². The molecule has 1 atom stereocenters. The summed E-state index contributed by atoms with van der Waals surface area (Å²) >= 11 is 0. The summed E-state index contributed by atoms with van der Waals surface area (Å²) in [5.41, 5.74) is 1.48. The van der Waals surface area contributed by atoms with Crippen molar-refractivity contribution in [3.8, 4) is 12.3 Å². The maximum absolute atomic E-state index is 13.5. The predicted molar refractivity (Wildman–Crippen MR) is 74.2 cm³/mol. The fourth-order valence-electron chi connectivity index (χ4n) is 1.82. The van der Waals surface area contributed by atoms with E-state index in [1.54, 1.807) is 24.3 Å². The number of anilines is 1. The molecule has 2 rings (SSSR count). The number of hydrogen-bond donors (Lipinski definition) is 2. The molecule has 1 unspecified atom stereocenters. The standard InChI is InChI=1S/C16H13F2NO/c1-2-11-4-3-5-13(8-11)19-10-16(20)14-7-6-12(17)9-15(14)18/h1,3-9,16,19-20H,10H2. The first-order valence-electron chi connectivity index (χ1n) is 6.03. The highest BCUT2D eigenvalue weighted by atomic mass is 19.1. The van der Waals surface area contributed by atoms with Crippen LogP contribution in [0, 0.1) is 24.0 Å². The monoisotopic (exact) mass is 273 g/mol. The molecule has 0 saturated heterocycles. The van der Waals surface area contributed by atoms with Gasteiger partial charge in [0.15, 0.2) is 0 Å². The number of rotatable bonds is 4. The lowest BCUT2D eigenvalue weighted by atomic mass is 10.1. The summed E-state index contributed by atoms with van der Waals surface area (Å²) in [7, 11) is 0. The first-order valence-corrected chi connectivity index (χ1v) is 6.03. The molecule has 0 fully saturated rings. The molecule has 2 nitrogen and oxygen atoms in total. The van der Waals surface area contributed by atoms with Gasteiger partial charge in [-0.25, -0.2) is 8.78 Å². The smallest absolute Gasteiger partial charge is 0.131 e. The minimum atomic E-state index is -1.08. The van der Waals surface area contributed by atoms with E-state index in [2.05, 4.69) is 11.2 Å². The second-order valence-electron chi connectivity index (χ2n) is 4.29. The van der Waals surface area contributed by atoms with Crippen LogP contribution in [0.4, 0.5) is 14.5 Å². The molecule has 2 aromatic rings. The Labute approximate surface area is 116 Å². The van der Waals surface area contributed by atoms with Crippen LogP contribution in [0.15, 0.2) is 42.5 Å². The van der Waals surface area contributed by atoms with Crippen molar-refractivity contribution in [3.63, 3.8) is 0 Å². The highest BCUT2D eigenvalue weighted by molar-refractivity contribution is 5.50. The van der Waals surface area contributed by atoms with Gasteiger partial charge < -0.3 is 10.4 Å². The van der Waals surface area contributed by atoms with Gasteiger partial charge in [0.05, 0.1) is 6.10 Å². The van der Waals surface area contributed by atoms with E-state index in [1.165, 1.54) is 6.07 Å². The van der Waals surface area contributed by atoms with Crippen molar-refractivity contribution in [2.45, 2.75) is 6.10 Å². The molecular formula is C16H13F2NO. The van der Waals surface area contributed by atoms with Gasteiger partial charge in [-0.15, -0.1) is 6.42 Å². The number of terminal acetylenes is 1. The van der Waals surface area contributed by atoms with Crippen LogP contribution in [0.2, 0.25) is 0 Å². The highest BCUT2D eigenvalue weighted by Crippen LogP contribution is 2.19. The Hall–Kier alpha value is -2.38. The van der Waals surface area contributed by atoms with Gasteiger partial charge in [-0.2, -0.15) is 0 Å². The first-order chi connectivity index (χ1) is 9.60. The third kappa shape index (κ3) is 3.34. The van der Waals surface area contributed by atoms with Crippen LogP contribution in [0.25, 0.3) is 0 Å². The van der Waals surface area contributed by atoms with E-state index in [0.717, 1.165) is 17.8 Å². The Bertz CT molecular complexity index is 649. The van der Waals surface area contributed by atoms with E-state index in [9.17, 15) is 13.9 Å². The molecule has 0 aliphatic rings. The number of benzene rings is 2. The summed E-state index contributed by atoms with van der Waals surface area (Å²) in [6.07, 6.45) is 4.21. The Morgan fingerprint density at radius 3 is 2.70 bits per heavy atom. The minimum absolute atomic E-state index is 0.0482. The molecule has 4 heteroatoms. The second-order valence-corrected chi connectivity index (χ2v) is 4.29. The normalized spacial score (nSPS) is 11.7. The van der Waals surface area contributed by atoms with Gasteiger partial charge in [0.25, 0.3) is 0 Å². The molecule has 0 radical (unpaired) electrons. The van der Waals surface area contributed by atoms with Crippen LogP contribution in [0.1, 0.15) is 17.2 Å². The summed E-state index contributed by atoms with van der Waals surface area (Å²) in [5.74, 6) is 1.06. The van der Waals surface area contributed by atoms with E-state index in [1.807, 2.05) is 0 Å². The maximum Gasteiger partial charge on any atom is 0.131 e. The van der Waals surface area contributed by atoms with Gasteiger partial charge in [0.1, 0.15) is 11.6 Å².